The molecule has 0 aliphatic carbocycles. The number of hydrogen-bond acceptors (Lipinski definition) is 5. The van der Waals surface area contributed by atoms with Crippen LogP contribution < -0.4 is 20.3 Å². The Bertz CT molecular complexity index is 700. The molecule has 0 saturated heterocycles. The Morgan fingerprint density at radius 3 is 2.70 bits per heavy atom. The second-order valence-electron chi connectivity index (χ2n) is 4.99. The van der Waals surface area contributed by atoms with Crippen LogP contribution in [0.25, 0.3) is 0 Å². The average molecular weight is 332 g/mol. The smallest absolute Gasteiger partial charge is 0.269 e. The fraction of sp³-hybridized carbons (Fsp3) is 0.250. The normalized spacial score (nSPS) is 12.5. The lowest BCUT2D eigenvalue weighted by Crippen LogP contribution is -2.41. The van der Waals surface area contributed by atoms with Gasteiger partial charge in [-0.15, -0.1) is 0 Å². The summed E-state index contributed by atoms with van der Waals surface area (Å²) < 4.78 is 10.8. The Labute approximate surface area is 137 Å². The molecule has 3 rings (SSSR count). The molecule has 2 heterocycles. The molecular weight excluding hydrogens is 316 g/mol. The SMILES string of the molecule is O=C(CCc1ccsc1)NNC(=O)c1ccc2c(c1)OCCO2. The van der Waals surface area contributed by atoms with Gasteiger partial charge in [0.15, 0.2) is 11.5 Å². The van der Waals surface area contributed by atoms with Gasteiger partial charge in [0, 0.05) is 12.0 Å². The third kappa shape index (κ3) is 4.01. The summed E-state index contributed by atoms with van der Waals surface area (Å²) in [5.41, 5.74) is 6.33. The van der Waals surface area contributed by atoms with E-state index >= 15 is 0 Å². The van der Waals surface area contributed by atoms with Crippen LogP contribution in [0, 0.1) is 0 Å². The maximum atomic E-state index is 12.0. The summed E-state index contributed by atoms with van der Waals surface area (Å²) in [6, 6.07) is 6.88. The minimum Gasteiger partial charge on any atom is -0.486 e. The number of hydrazine groups is 1. The van der Waals surface area contributed by atoms with Crippen molar-refractivity contribution in [2.75, 3.05) is 13.2 Å². The molecule has 0 radical (unpaired) electrons. The number of carbonyl (C=O) groups excluding carboxylic acids is 2. The number of benzene rings is 1. The van der Waals surface area contributed by atoms with Crippen molar-refractivity contribution in [3.05, 3.63) is 46.2 Å². The van der Waals surface area contributed by atoms with Gasteiger partial charge in [0.25, 0.3) is 5.91 Å². The van der Waals surface area contributed by atoms with Crippen LogP contribution in [0.2, 0.25) is 0 Å². The standard InChI is InChI=1S/C16H16N2O4S/c19-15(4-1-11-5-8-23-10-11)17-18-16(20)12-2-3-13-14(9-12)22-7-6-21-13/h2-3,5,8-10H,1,4,6-7H2,(H,17,19)(H,18,20). The molecule has 2 N–H and O–H groups in total. The minimum atomic E-state index is -0.397. The number of rotatable bonds is 4. The molecule has 6 nitrogen and oxygen atoms in total. The van der Waals surface area contributed by atoms with Gasteiger partial charge in [-0.05, 0) is 47.0 Å². The van der Waals surface area contributed by atoms with Crippen molar-refractivity contribution < 1.29 is 19.1 Å². The quantitative estimate of drug-likeness (QED) is 0.839. The lowest BCUT2D eigenvalue weighted by atomic mass is 10.2. The first kappa shape index (κ1) is 15.4. The van der Waals surface area contributed by atoms with Crippen LogP contribution in [0.4, 0.5) is 0 Å². The van der Waals surface area contributed by atoms with E-state index in [1.54, 1.807) is 29.5 Å². The highest BCUT2D eigenvalue weighted by Gasteiger charge is 2.15. The van der Waals surface area contributed by atoms with Crippen LogP contribution in [0.5, 0.6) is 11.5 Å². The molecule has 0 spiro atoms. The molecule has 1 aromatic carbocycles. The van der Waals surface area contributed by atoms with Gasteiger partial charge in [0.05, 0.1) is 0 Å². The fourth-order valence-corrected chi connectivity index (χ4v) is 2.84. The van der Waals surface area contributed by atoms with Gasteiger partial charge in [0.2, 0.25) is 5.91 Å². The largest absolute Gasteiger partial charge is 0.486 e. The van der Waals surface area contributed by atoms with Gasteiger partial charge < -0.3 is 9.47 Å². The van der Waals surface area contributed by atoms with Crippen molar-refractivity contribution in [2.45, 2.75) is 12.8 Å². The van der Waals surface area contributed by atoms with E-state index in [-0.39, 0.29) is 5.91 Å². The van der Waals surface area contributed by atoms with E-state index in [2.05, 4.69) is 10.9 Å². The average Bonchev–Trinajstić information content (AvgIpc) is 3.11. The van der Waals surface area contributed by atoms with E-state index in [4.69, 9.17) is 9.47 Å². The van der Waals surface area contributed by atoms with Crippen LogP contribution >= 0.6 is 11.3 Å². The zero-order valence-electron chi connectivity index (χ0n) is 12.3. The molecule has 0 fully saturated rings. The van der Waals surface area contributed by atoms with E-state index in [1.165, 1.54) is 0 Å². The van der Waals surface area contributed by atoms with Crippen molar-refractivity contribution in [1.29, 1.82) is 0 Å². The zero-order valence-corrected chi connectivity index (χ0v) is 13.2. The summed E-state index contributed by atoms with van der Waals surface area (Å²) in [7, 11) is 0. The van der Waals surface area contributed by atoms with E-state index in [9.17, 15) is 9.59 Å². The predicted octanol–water partition coefficient (Wildman–Crippen LogP) is 1.91. The third-order valence-electron chi connectivity index (χ3n) is 3.34. The Morgan fingerprint density at radius 1 is 1.09 bits per heavy atom. The van der Waals surface area contributed by atoms with Crippen molar-refractivity contribution in [3.63, 3.8) is 0 Å². The van der Waals surface area contributed by atoms with Crippen LogP contribution in [-0.4, -0.2) is 25.0 Å². The first-order valence-electron chi connectivity index (χ1n) is 7.22. The van der Waals surface area contributed by atoms with E-state index < -0.39 is 5.91 Å². The lowest BCUT2D eigenvalue weighted by molar-refractivity contribution is -0.121. The molecule has 23 heavy (non-hydrogen) atoms. The number of carbonyl (C=O) groups is 2. The van der Waals surface area contributed by atoms with Crippen molar-refractivity contribution in [1.82, 2.24) is 10.9 Å². The van der Waals surface area contributed by atoms with Gasteiger partial charge in [-0.1, -0.05) is 0 Å². The molecule has 1 aliphatic rings. The van der Waals surface area contributed by atoms with Crippen molar-refractivity contribution >= 4 is 23.2 Å². The zero-order chi connectivity index (χ0) is 16.1. The molecule has 0 atom stereocenters. The van der Waals surface area contributed by atoms with Crippen LogP contribution in [0.3, 0.4) is 0 Å². The topological polar surface area (TPSA) is 76.7 Å². The first-order valence-corrected chi connectivity index (χ1v) is 8.16. The minimum absolute atomic E-state index is 0.234. The molecule has 2 amide bonds. The van der Waals surface area contributed by atoms with Gasteiger partial charge >= 0.3 is 0 Å². The van der Waals surface area contributed by atoms with Gasteiger partial charge in [-0.2, -0.15) is 11.3 Å². The summed E-state index contributed by atoms with van der Waals surface area (Å²) in [5.74, 6) is 0.522. The number of aryl methyl sites for hydroxylation is 1. The number of ether oxygens (including phenoxy) is 2. The van der Waals surface area contributed by atoms with E-state index in [1.807, 2.05) is 16.8 Å². The second kappa shape index (κ2) is 7.15. The summed E-state index contributed by atoms with van der Waals surface area (Å²) in [4.78, 5) is 23.8. The highest BCUT2D eigenvalue weighted by Crippen LogP contribution is 2.30. The monoisotopic (exact) mass is 332 g/mol. The second-order valence-corrected chi connectivity index (χ2v) is 5.77. The van der Waals surface area contributed by atoms with E-state index in [0.29, 0.717) is 43.1 Å². The number of fused-ring (bicyclic) bond motifs is 1. The Hall–Kier alpha value is -2.54. The maximum absolute atomic E-state index is 12.0. The highest BCUT2D eigenvalue weighted by molar-refractivity contribution is 7.07. The number of nitrogens with one attached hydrogen (secondary N) is 2. The highest BCUT2D eigenvalue weighted by atomic mass is 32.1. The van der Waals surface area contributed by atoms with Gasteiger partial charge in [-0.3, -0.25) is 20.4 Å². The number of amides is 2. The van der Waals surface area contributed by atoms with Crippen molar-refractivity contribution in [3.8, 4) is 11.5 Å². The molecule has 2 aromatic rings. The molecule has 0 bridgehead atoms. The molecule has 1 aromatic heterocycles. The molecule has 1 aliphatic heterocycles. The number of hydrogen-bond donors (Lipinski definition) is 2. The number of thiophene rings is 1. The van der Waals surface area contributed by atoms with E-state index in [0.717, 1.165) is 5.56 Å². The molecule has 120 valence electrons. The molecule has 0 unspecified atom stereocenters. The molecular formula is C16H16N2O4S. The summed E-state index contributed by atoms with van der Waals surface area (Å²) >= 11 is 1.59. The van der Waals surface area contributed by atoms with Gasteiger partial charge in [-0.25, -0.2) is 0 Å². The third-order valence-corrected chi connectivity index (χ3v) is 4.07. The van der Waals surface area contributed by atoms with Crippen LogP contribution in [0.1, 0.15) is 22.3 Å². The Kier molecular flexibility index (Phi) is 4.77. The van der Waals surface area contributed by atoms with Crippen molar-refractivity contribution in [2.24, 2.45) is 0 Å². The summed E-state index contributed by atoms with van der Waals surface area (Å²) in [6.45, 7) is 0.954. The Balaban J connectivity index is 1.50. The summed E-state index contributed by atoms with van der Waals surface area (Å²) in [5, 5.41) is 3.97. The van der Waals surface area contributed by atoms with Crippen LogP contribution in [0.15, 0.2) is 35.0 Å². The van der Waals surface area contributed by atoms with Crippen LogP contribution in [-0.2, 0) is 11.2 Å². The maximum Gasteiger partial charge on any atom is 0.269 e. The Morgan fingerprint density at radius 2 is 1.91 bits per heavy atom. The predicted molar refractivity (Wildman–Crippen MR) is 85.7 cm³/mol. The molecule has 0 saturated carbocycles. The molecule has 7 heteroatoms. The van der Waals surface area contributed by atoms with Gasteiger partial charge in [0.1, 0.15) is 13.2 Å². The first-order chi connectivity index (χ1) is 11.2. The fourth-order valence-electron chi connectivity index (χ4n) is 2.14. The lowest BCUT2D eigenvalue weighted by Gasteiger charge is -2.18. The summed E-state index contributed by atoms with van der Waals surface area (Å²) in [6.07, 6.45) is 0.966.